The molecule has 2 aromatic carbocycles. The molecule has 0 radical (unpaired) electrons. The van der Waals surface area contributed by atoms with Crippen LogP contribution in [0.3, 0.4) is 0 Å². The summed E-state index contributed by atoms with van der Waals surface area (Å²) in [5, 5.41) is 0. The van der Waals surface area contributed by atoms with Crippen molar-refractivity contribution < 1.29 is 8.42 Å². The number of hydrogen-bond donors (Lipinski definition) is 1. The van der Waals surface area contributed by atoms with Gasteiger partial charge in [0.05, 0.1) is 23.9 Å². The Morgan fingerprint density at radius 2 is 1.72 bits per heavy atom. The predicted molar refractivity (Wildman–Crippen MR) is 126 cm³/mol. The first kappa shape index (κ1) is 21.4. The van der Waals surface area contributed by atoms with Crippen molar-refractivity contribution in [2.75, 3.05) is 19.3 Å². The number of imidazole rings is 1. The fourth-order valence-corrected chi connectivity index (χ4v) is 5.78. The Morgan fingerprint density at radius 3 is 2.47 bits per heavy atom. The number of piperidine rings is 1. The van der Waals surface area contributed by atoms with Crippen molar-refractivity contribution in [3.8, 4) is 0 Å². The highest BCUT2D eigenvalue weighted by Gasteiger charge is 2.44. The monoisotopic (exact) mass is 450 g/mol. The van der Waals surface area contributed by atoms with E-state index in [1.54, 1.807) is 0 Å². The molecule has 168 valence electrons. The fourth-order valence-electron chi connectivity index (χ4n) is 5.37. The zero-order valence-corrected chi connectivity index (χ0v) is 19.3. The van der Waals surface area contributed by atoms with E-state index in [9.17, 15) is 8.42 Å². The molecule has 7 heteroatoms. The van der Waals surface area contributed by atoms with Crippen LogP contribution in [0.1, 0.15) is 41.1 Å². The van der Waals surface area contributed by atoms with Crippen molar-refractivity contribution in [2.45, 2.75) is 44.3 Å². The van der Waals surface area contributed by atoms with E-state index in [1.807, 2.05) is 6.20 Å². The summed E-state index contributed by atoms with van der Waals surface area (Å²) in [6.45, 7) is 4.08. The third-order valence-electron chi connectivity index (χ3n) is 6.98. The summed E-state index contributed by atoms with van der Waals surface area (Å²) in [5.74, 6) is 1.09. The van der Waals surface area contributed by atoms with E-state index in [-0.39, 0.29) is 12.0 Å². The van der Waals surface area contributed by atoms with E-state index in [0.717, 1.165) is 57.0 Å². The van der Waals surface area contributed by atoms with Gasteiger partial charge in [-0.1, -0.05) is 54.6 Å². The highest BCUT2D eigenvalue weighted by Crippen LogP contribution is 2.44. The molecule has 0 aliphatic carbocycles. The Hall–Kier alpha value is -2.48. The van der Waals surface area contributed by atoms with E-state index in [4.69, 9.17) is 4.98 Å². The minimum Gasteiger partial charge on any atom is -0.330 e. The van der Waals surface area contributed by atoms with Gasteiger partial charge < -0.3 is 4.57 Å². The van der Waals surface area contributed by atoms with Gasteiger partial charge in [0.1, 0.15) is 5.82 Å². The number of sulfonamides is 1. The number of hydrogen-bond acceptors (Lipinski definition) is 4. The molecule has 0 saturated carbocycles. The number of rotatable bonds is 5. The van der Waals surface area contributed by atoms with E-state index >= 15 is 0 Å². The molecule has 0 bridgehead atoms. The standard InChI is InChI=1S/C25H30N4O2S/c1-32(30,31)27-18-22-17-26-24-25(23-10-6-5-9-21(23)11-14-29(22)24)12-15-28(16-13-25)19-20-7-3-2-4-8-20/h2-10,17,27H,11-16,18-19H2,1H3. The molecule has 6 nitrogen and oxygen atoms in total. The van der Waals surface area contributed by atoms with Crippen LogP contribution in [-0.4, -0.2) is 42.2 Å². The molecule has 3 heterocycles. The quantitative estimate of drug-likeness (QED) is 0.649. The molecule has 3 aromatic rings. The molecule has 1 N–H and O–H groups in total. The van der Waals surface area contributed by atoms with E-state index < -0.39 is 10.0 Å². The van der Waals surface area contributed by atoms with Gasteiger partial charge in [0.15, 0.2) is 0 Å². The van der Waals surface area contributed by atoms with Gasteiger partial charge in [0.2, 0.25) is 10.0 Å². The number of aryl methyl sites for hydroxylation is 1. The third kappa shape index (κ3) is 4.12. The Labute approximate surface area is 190 Å². The maximum atomic E-state index is 11.7. The summed E-state index contributed by atoms with van der Waals surface area (Å²) >= 11 is 0. The first-order valence-corrected chi connectivity index (χ1v) is 13.2. The largest absolute Gasteiger partial charge is 0.330 e. The summed E-state index contributed by atoms with van der Waals surface area (Å²) in [5.41, 5.74) is 4.93. The first-order valence-electron chi connectivity index (χ1n) is 11.3. The van der Waals surface area contributed by atoms with Gasteiger partial charge in [-0.25, -0.2) is 18.1 Å². The maximum Gasteiger partial charge on any atom is 0.209 e. The molecule has 1 fully saturated rings. The molecule has 0 atom stereocenters. The molecule has 1 spiro atoms. The van der Waals surface area contributed by atoms with Crippen LogP contribution >= 0.6 is 0 Å². The van der Waals surface area contributed by atoms with Crippen LogP contribution in [0.2, 0.25) is 0 Å². The lowest BCUT2D eigenvalue weighted by Gasteiger charge is -2.42. The molecular weight excluding hydrogens is 420 g/mol. The van der Waals surface area contributed by atoms with E-state index in [1.165, 1.54) is 22.9 Å². The van der Waals surface area contributed by atoms with Crippen LogP contribution in [0.4, 0.5) is 0 Å². The number of nitrogens with zero attached hydrogens (tertiary/aromatic N) is 3. The summed E-state index contributed by atoms with van der Waals surface area (Å²) in [6, 6.07) is 19.4. The van der Waals surface area contributed by atoms with Crippen molar-refractivity contribution in [3.05, 3.63) is 89.0 Å². The molecular formula is C25H30N4O2S. The molecule has 32 heavy (non-hydrogen) atoms. The average molecular weight is 451 g/mol. The van der Waals surface area contributed by atoms with Crippen molar-refractivity contribution in [1.82, 2.24) is 19.2 Å². The second kappa shape index (κ2) is 8.46. The third-order valence-corrected chi connectivity index (χ3v) is 7.65. The van der Waals surface area contributed by atoms with Crippen molar-refractivity contribution >= 4 is 10.0 Å². The van der Waals surface area contributed by atoms with Crippen LogP contribution < -0.4 is 4.72 Å². The molecule has 1 aromatic heterocycles. The van der Waals surface area contributed by atoms with Crippen LogP contribution in [0, 0.1) is 0 Å². The van der Waals surface area contributed by atoms with E-state index in [2.05, 4.69) is 68.8 Å². The Morgan fingerprint density at radius 1 is 1.00 bits per heavy atom. The number of aromatic nitrogens is 2. The topological polar surface area (TPSA) is 67.2 Å². The lowest BCUT2D eigenvalue weighted by molar-refractivity contribution is 0.166. The molecule has 2 aliphatic heterocycles. The van der Waals surface area contributed by atoms with Crippen molar-refractivity contribution in [1.29, 1.82) is 0 Å². The number of likely N-dealkylation sites (tertiary alicyclic amines) is 1. The average Bonchev–Trinajstić information content (AvgIpc) is 3.15. The van der Waals surface area contributed by atoms with Gasteiger partial charge in [-0.3, -0.25) is 4.90 Å². The van der Waals surface area contributed by atoms with Crippen LogP contribution in [-0.2, 0) is 41.5 Å². The van der Waals surface area contributed by atoms with Gasteiger partial charge in [-0.2, -0.15) is 0 Å². The zero-order valence-electron chi connectivity index (χ0n) is 18.5. The van der Waals surface area contributed by atoms with Crippen LogP contribution in [0.15, 0.2) is 60.8 Å². The summed E-state index contributed by atoms with van der Waals surface area (Å²) in [7, 11) is -3.26. The lowest BCUT2D eigenvalue weighted by Crippen LogP contribution is -2.44. The molecule has 1 saturated heterocycles. The Balaban J connectivity index is 1.47. The summed E-state index contributed by atoms with van der Waals surface area (Å²) in [6.07, 6.45) is 6.01. The molecule has 0 unspecified atom stereocenters. The van der Waals surface area contributed by atoms with Gasteiger partial charge in [0.25, 0.3) is 0 Å². The van der Waals surface area contributed by atoms with Crippen LogP contribution in [0.25, 0.3) is 0 Å². The maximum absolute atomic E-state index is 11.7. The lowest BCUT2D eigenvalue weighted by atomic mass is 9.70. The highest BCUT2D eigenvalue weighted by atomic mass is 32.2. The van der Waals surface area contributed by atoms with Gasteiger partial charge in [-0.15, -0.1) is 0 Å². The first-order chi connectivity index (χ1) is 15.4. The second-order valence-electron chi connectivity index (χ2n) is 9.07. The Bertz CT molecular complexity index is 1200. The molecule has 2 aliphatic rings. The number of benzene rings is 2. The fraction of sp³-hybridized carbons (Fsp3) is 0.400. The smallest absolute Gasteiger partial charge is 0.209 e. The number of nitrogens with one attached hydrogen (secondary N) is 1. The van der Waals surface area contributed by atoms with Gasteiger partial charge >= 0.3 is 0 Å². The minimum absolute atomic E-state index is 0.135. The SMILES string of the molecule is CS(=O)(=O)NCc1cnc2n1CCc1ccccc1C21CCN(Cc2ccccc2)CC1. The predicted octanol–water partition coefficient (Wildman–Crippen LogP) is 3.07. The minimum atomic E-state index is -3.26. The zero-order chi connectivity index (χ0) is 22.2. The highest BCUT2D eigenvalue weighted by molar-refractivity contribution is 7.88. The second-order valence-corrected chi connectivity index (χ2v) is 10.9. The molecule has 5 rings (SSSR count). The molecule has 0 amide bonds. The van der Waals surface area contributed by atoms with Gasteiger partial charge in [-0.05, 0) is 49.0 Å². The van der Waals surface area contributed by atoms with Gasteiger partial charge in [0, 0.05) is 19.3 Å². The number of fused-ring (bicyclic) bond motifs is 4. The Kier molecular flexibility index (Phi) is 5.65. The van der Waals surface area contributed by atoms with Crippen LogP contribution in [0.5, 0.6) is 0 Å². The summed E-state index contributed by atoms with van der Waals surface area (Å²) < 4.78 is 28.3. The normalized spacial score (nSPS) is 18.2. The summed E-state index contributed by atoms with van der Waals surface area (Å²) in [4.78, 5) is 7.45. The van der Waals surface area contributed by atoms with E-state index in [0.29, 0.717) is 0 Å². The van der Waals surface area contributed by atoms with Crippen molar-refractivity contribution in [3.63, 3.8) is 0 Å². The van der Waals surface area contributed by atoms with Crippen molar-refractivity contribution in [2.24, 2.45) is 0 Å².